The molecule has 0 aliphatic carbocycles. The van der Waals surface area contributed by atoms with E-state index in [9.17, 15) is 9.59 Å². The number of hydrogen-bond acceptors (Lipinski definition) is 2. The molecule has 0 fully saturated rings. The van der Waals surface area contributed by atoms with Crippen LogP contribution < -0.4 is 5.32 Å². The van der Waals surface area contributed by atoms with Crippen LogP contribution in [0.4, 0.5) is 0 Å². The Morgan fingerprint density at radius 2 is 1.47 bits per heavy atom. The first-order chi connectivity index (χ1) is 16.3. The quantitative estimate of drug-likeness (QED) is 0.405. The summed E-state index contributed by atoms with van der Waals surface area (Å²) in [7, 11) is 0. The standard InChI is InChI=1S/C29H33ClN2O2/c1-21(2)31-29(34)27(19-24-7-5-4-6-8-24)32(20-25-13-16-26(30)17-14-25)28(33)18-15-23-11-9-22(3)10-12-23/h4-14,16-17,21,27H,15,18-20H2,1-3H3,(H,31,34). The number of carbonyl (C=O) groups excluding carboxylic acids is 2. The van der Waals surface area contributed by atoms with Crippen molar-refractivity contribution in [3.05, 3.63) is 106 Å². The van der Waals surface area contributed by atoms with Gasteiger partial charge in [-0.05, 0) is 56.0 Å². The topological polar surface area (TPSA) is 49.4 Å². The van der Waals surface area contributed by atoms with E-state index in [0.29, 0.717) is 30.8 Å². The van der Waals surface area contributed by atoms with Gasteiger partial charge in [-0.25, -0.2) is 0 Å². The number of amides is 2. The molecule has 178 valence electrons. The Hall–Kier alpha value is -3.11. The molecule has 0 aliphatic rings. The molecule has 4 nitrogen and oxygen atoms in total. The maximum Gasteiger partial charge on any atom is 0.243 e. The van der Waals surface area contributed by atoms with Crippen LogP contribution in [0.25, 0.3) is 0 Å². The van der Waals surface area contributed by atoms with Gasteiger partial charge in [0, 0.05) is 30.5 Å². The van der Waals surface area contributed by atoms with Gasteiger partial charge in [0.1, 0.15) is 6.04 Å². The average Bonchev–Trinajstić information content (AvgIpc) is 2.82. The Balaban J connectivity index is 1.89. The first kappa shape index (κ1) is 25.5. The average molecular weight is 477 g/mol. The van der Waals surface area contributed by atoms with Crippen LogP contribution in [-0.2, 0) is 29.0 Å². The van der Waals surface area contributed by atoms with Gasteiger partial charge >= 0.3 is 0 Å². The van der Waals surface area contributed by atoms with Gasteiger partial charge in [0.25, 0.3) is 0 Å². The van der Waals surface area contributed by atoms with Crippen molar-refractivity contribution in [1.82, 2.24) is 10.2 Å². The number of nitrogens with one attached hydrogen (secondary N) is 1. The van der Waals surface area contributed by atoms with E-state index in [4.69, 9.17) is 11.6 Å². The van der Waals surface area contributed by atoms with E-state index in [1.807, 2.05) is 75.4 Å². The fraction of sp³-hybridized carbons (Fsp3) is 0.310. The summed E-state index contributed by atoms with van der Waals surface area (Å²) in [6.07, 6.45) is 1.40. The third kappa shape index (κ3) is 7.74. The molecule has 3 rings (SSSR count). The predicted octanol–water partition coefficient (Wildman–Crippen LogP) is 5.75. The van der Waals surface area contributed by atoms with Crippen molar-refractivity contribution < 1.29 is 9.59 Å². The van der Waals surface area contributed by atoms with Gasteiger partial charge in [0.2, 0.25) is 11.8 Å². The molecule has 1 N–H and O–H groups in total. The molecule has 0 bridgehead atoms. The van der Waals surface area contributed by atoms with Crippen LogP contribution in [0.3, 0.4) is 0 Å². The van der Waals surface area contributed by atoms with E-state index in [0.717, 1.165) is 16.7 Å². The van der Waals surface area contributed by atoms with E-state index >= 15 is 0 Å². The van der Waals surface area contributed by atoms with Crippen LogP contribution in [0.15, 0.2) is 78.9 Å². The second-order valence-corrected chi connectivity index (χ2v) is 9.44. The highest BCUT2D eigenvalue weighted by Gasteiger charge is 2.30. The number of rotatable bonds is 10. The smallest absolute Gasteiger partial charge is 0.243 e. The van der Waals surface area contributed by atoms with E-state index in [-0.39, 0.29) is 17.9 Å². The molecule has 0 aliphatic heterocycles. The largest absolute Gasteiger partial charge is 0.352 e. The molecule has 3 aromatic rings. The lowest BCUT2D eigenvalue weighted by Gasteiger charge is -2.32. The Bertz CT molecular complexity index is 1060. The molecule has 5 heteroatoms. The second-order valence-electron chi connectivity index (χ2n) is 9.00. The van der Waals surface area contributed by atoms with Gasteiger partial charge in [0.15, 0.2) is 0 Å². The van der Waals surface area contributed by atoms with Gasteiger partial charge in [-0.15, -0.1) is 0 Å². The monoisotopic (exact) mass is 476 g/mol. The minimum absolute atomic E-state index is 0.0224. The molecular weight excluding hydrogens is 444 g/mol. The van der Waals surface area contributed by atoms with E-state index in [2.05, 4.69) is 29.6 Å². The summed E-state index contributed by atoms with van der Waals surface area (Å²) in [6, 6.07) is 24.9. The molecule has 34 heavy (non-hydrogen) atoms. The van der Waals surface area contributed by atoms with Crippen LogP contribution in [-0.4, -0.2) is 28.8 Å². The molecule has 0 spiro atoms. The maximum atomic E-state index is 13.6. The summed E-state index contributed by atoms with van der Waals surface area (Å²) in [5.41, 5.74) is 4.24. The minimum atomic E-state index is -0.619. The van der Waals surface area contributed by atoms with Crippen molar-refractivity contribution in [1.29, 1.82) is 0 Å². The van der Waals surface area contributed by atoms with E-state index in [1.54, 1.807) is 4.90 Å². The lowest BCUT2D eigenvalue weighted by Crippen LogP contribution is -2.51. The highest BCUT2D eigenvalue weighted by atomic mass is 35.5. The highest BCUT2D eigenvalue weighted by molar-refractivity contribution is 6.30. The normalized spacial score (nSPS) is 11.8. The Kier molecular flexibility index (Phi) is 9.29. The van der Waals surface area contributed by atoms with Gasteiger partial charge in [-0.2, -0.15) is 0 Å². The fourth-order valence-electron chi connectivity index (χ4n) is 3.87. The summed E-state index contributed by atoms with van der Waals surface area (Å²) >= 11 is 6.07. The van der Waals surface area contributed by atoms with E-state index < -0.39 is 6.04 Å². The number of nitrogens with zero attached hydrogens (tertiary/aromatic N) is 1. The summed E-state index contributed by atoms with van der Waals surface area (Å²) in [5, 5.41) is 3.66. The van der Waals surface area contributed by atoms with Gasteiger partial charge in [-0.3, -0.25) is 9.59 Å². The maximum absolute atomic E-state index is 13.6. The Morgan fingerprint density at radius 3 is 2.09 bits per heavy atom. The minimum Gasteiger partial charge on any atom is -0.352 e. The zero-order valence-corrected chi connectivity index (χ0v) is 20.9. The summed E-state index contributed by atoms with van der Waals surface area (Å²) in [5.74, 6) is -0.188. The van der Waals surface area contributed by atoms with E-state index in [1.165, 1.54) is 5.56 Å². The van der Waals surface area contributed by atoms with Gasteiger partial charge in [-0.1, -0.05) is 83.9 Å². The Labute approximate surface area is 207 Å². The van der Waals surface area contributed by atoms with Crippen LogP contribution in [0.5, 0.6) is 0 Å². The van der Waals surface area contributed by atoms with Crippen molar-refractivity contribution in [2.24, 2.45) is 0 Å². The third-order valence-corrected chi connectivity index (χ3v) is 5.97. The summed E-state index contributed by atoms with van der Waals surface area (Å²) in [4.78, 5) is 28.7. The number of carbonyl (C=O) groups is 2. The van der Waals surface area contributed by atoms with Crippen molar-refractivity contribution in [3.63, 3.8) is 0 Å². The summed E-state index contributed by atoms with van der Waals surface area (Å²) in [6.45, 7) is 6.25. The molecule has 2 amide bonds. The van der Waals surface area contributed by atoms with Crippen LogP contribution in [0.1, 0.15) is 42.5 Å². The zero-order valence-electron chi connectivity index (χ0n) is 20.1. The highest BCUT2D eigenvalue weighted by Crippen LogP contribution is 2.18. The van der Waals surface area contributed by atoms with Crippen LogP contribution >= 0.6 is 11.6 Å². The fourth-order valence-corrected chi connectivity index (χ4v) is 4.00. The Morgan fingerprint density at radius 1 is 0.853 bits per heavy atom. The molecular formula is C29H33ClN2O2. The molecule has 0 radical (unpaired) electrons. The predicted molar refractivity (Wildman–Crippen MR) is 139 cm³/mol. The van der Waals surface area contributed by atoms with Crippen molar-refractivity contribution in [3.8, 4) is 0 Å². The molecule has 0 aromatic heterocycles. The second kappa shape index (κ2) is 12.4. The van der Waals surface area contributed by atoms with Gasteiger partial charge < -0.3 is 10.2 Å². The van der Waals surface area contributed by atoms with Crippen molar-refractivity contribution in [2.45, 2.75) is 58.7 Å². The lowest BCUT2D eigenvalue weighted by atomic mass is 10.0. The number of benzene rings is 3. The van der Waals surface area contributed by atoms with Gasteiger partial charge in [0.05, 0.1) is 0 Å². The lowest BCUT2D eigenvalue weighted by molar-refractivity contribution is -0.141. The molecule has 1 atom stereocenters. The van der Waals surface area contributed by atoms with Crippen LogP contribution in [0, 0.1) is 6.92 Å². The van der Waals surface area contributed by atoms with Crippen molar-refractivity contribution >= 4 is 23.4 Å². The molecule has 0 saturated heterocycles. The summed E-state index contributed by atoms with van der Waals surface area (Å²) < 4.78 is 0. The molecule has 0 saturated carbocycles. The third-order valence-electron chi connectivity index (χ3n) is 5.72. The first-order valence-electron chi connectivity index (χ1n) is 11.8. The SMILES string of the molecule is Cc1ccc(CCC(=O)N(Cc2ccc(Cl)cc2)C(Cc2ccccc2)C(=O)NC(C)C)cc1. The number of aryl methyl sites for hydroxylation is 2. The molecule has 0 heterocycles. The molecule has 3 aromatic carbocycles. The number of halogens is 1. The van der Waals surface area contributed by atoms with Crippen molar-refractivity contribution in [2.75, 3.05) is 0 Å². The first-order valence-corrected chi connectivity index (χ1v) is 12.1. The van der Waals surface area contributed by atoms with Crippen LogP contribution in [0.2, 0.25) is 5.02 Å². The zero-order chi connectivity index (χ0) is 24.5. The molecule has 1 unspecified atom stereocenters. The number of hydrogen-bond donors (Lipinski definition) is 1.